The lowest BCUT2D eigenvalue weighted by Crippen LogP contribution is -1.94. The number of azide groups is 1. The molecule has 0 aliphatic heterocycles. The van der Waals surface area contributed by atoms with Crippen molar-refractivity contribution >= 4 is 10.0 Å². The summed E-state index contributed by atoms with van der Waals surface area (Å²) >= 11 is 0. The van der Waals surface area contributed by atoms with Crippen molar-refractivity contribution in [3.05, 3.63) is 35.0 Å². The zero-order chi connectivity index (χ0) is 9.03. The van der Waals surface area contributed by atoms with Gasteiger partial charge in [0.15, 0.2) is 0 Å². The van der Waals surface area contributed by atoms with Gasteiger partial charge in [0.1, 0.15) is 0 Å². The highest BCUT2D eigenvalue weighted by Crippen LogP contribution is 2.09. The number of pyridine rings is 1. The summed E-state index contributed by atoms with van der Waals surface area (Å²) in [5, 5.41) is 0. The Morgan fingerprint density at radius 2 is 2.00 bits per heavy atom. The number of hydrogen-bond donors (Lipinski definition) is 0. The van der Waals surface area contributed by atoms with Gasteiger partial charge in [0.05, 0.1) is 4.90 Å². The molecular weight excluding hydrogens is 180 g/mol. The molecule has 7 heteroatoms. The summed E-state index contributed by atoms with van der Waals surface area (Å²) in [4.78, 5) is 5.76. The van der Waals surface area contributed by atoms with Crippen LogP contribution in [0.4, 0.5) is 0 Å². The first-order valence-electron chi connectivity index (χ1n) is 2.88. The largest absolute Gasteiger partial charge is 0.265 e. The van der Waals surface area contributed by atoms with Gasteiger partial charge in [0.2, 0.25) is 0 Å². The highest BCUT2D eigenvalue weighted by atomic mass is 32.2. The van der Waals surface area contributed by atoms with Crippen molar-refractivity contribution in [1.82, 2.24) is 4.98 Å². The van der Waals surface area contributed by atoms with Crippen LogP contribution in [0, 0.1) is 0 Å². The molecule has 1 heterocycles. The van der Waals surface area contributed by atoms with Crippen LogP contribution >= 0.6 is 0 Å². The monoisotopic (exact) mass is 184 g/mol. The fourth-order valence-electron chi connectivity index (χ4n) is 0.605. The molecule has 0 spiro atoms. The number of nitrogens with zero attached hydrogens (tertiary/aromatic N) is 4. The Labute approximate surface area is 68.5 Å². The van der Waals surface area contributed by atoms with E-state index in [1.807, 2.05) is 0 Å². The molecular formula is C5H4N4O2S. The predicted octanol–water partition coefficient (Wildman–Crippen LogP) is 1.08. The number of rotatable bonds is 2. The van der Waals surface area contributed by atoms with Gasteiger partial charge < -0.3 is 0 Å². The molecule has 0 fully saturated rings. The summed E-state index contributed by atoms with van der Waals surface area (Å²) < 4.78 is 24.6. The number of aromatic nitrogens is 1. The van der Waals surface area contributed by atoms with Crippen LogP contribution in [0.3, 0.4) is 0 Å². The SMILES string of the molecule is [N-]=[N+]=NS(=O)(=O)c1ccncc1. The summed E-state index contributed by atoms with van der Waals surface area (Å²) in [5.41, 5.74) is 7.93. The lowest BCUT2D eigenvalue weighted by Gasteiger charge is -1.92. The van der Waals surface area contributed by atoms with E-state index in [-0.39, 0.29) is 4.90 Å². The Morgan fingerprint density at radius 3 is 2.50 bits per heavy atom. The van der Waals surface area contributed by atoms with E-state index in [9.17, 15) is 8.42 Å². The van der Waals surface area contributed by atoms with Crippen LogP contribution in [0.1, 0.15) is 0 Å². The van der Waals surface area contributed by atoms with Crippen LogP contribution in [-0.4, -0.2) is 13.4 Å². The number of sulfonamides is 1. The van der Waals surface area contributed by atoms with Gasteiger partial charge in [-0.3, -0.25) is 4.98 Å². The second kappa shape index (κ2) is 3.21. The zero-order valence-electron chi connectivity index (χ0n) is 5.82. The van der Waals surface area contributed by atoms with Crippen LogP contribution in [0.15, 0.2) is 33.9 Å². The van der Waals surface area contributed by atoms with Crippen molar-refractivity contribution in [1.29, 1.82) is 0 Å². The molecule has 0 N–H and O–H groups in total. The molecule has 1 aromatic heterocycles. The Kier molecular flexibility index (Phi) is 2.27. The van der Waals surface area contributed by atoms with E-state index < -0.39 is 10.0 Å². The summed E-state index contributed by atoms with van der Waals surface area (Å²) in [7, 11) is -3.84. The number of hydrogen-bond acceptors (Lipinski definition) is 3. The topological polar surface area (TPSA) is 95.8 Å². The van der Waals surface area contributed by atoms with Gasteiger partial charge >= 0.3 is 0 Å². The van der Waals surface area contributed by atoms with E-state index in [1.165, 1.54) is 24.5 Å². The van der Waals surface area contributed by atoms with Gasteiger partial charge in [-0.25, -0.2) is 8.42 Å². The fourth-order valence-corrected chi connectivity index (χ4v) is 1.26. The average Bonchev–Trinajstić information content (AvgIpc) is 2.06. The van der Waals surface area contributed by atoms with E-state index >= 15 is 0 Å². The van der Waals surface area contributed by atoms with E-state index in [1.54, 1.807) is 0 Å². The van der Waals surface area contributed by atoms with E-state index in [0.717, 1.165) is 0 Å². The maximum absolute atomic E-state index is 11.0. The molecule has 0 bridgehead atoms. The summed E-state index contributed by atoms with van der Waals surface area (Å²) in [6.45, 7) is 0. The molecule has 1 rings (SSSR count). The third kappa shape index (κ3) is 1.71. The minimum absolute atomic E-state index is 0.0599. The average molecular weight is 184 g/mol. The summed E-state index contributed by atoms with van der Waals surface area (Å²) in [6, 6.07) is 2.51. The molecule has 0 saturated carbocycles. The molecule has 0 aliphatic carbocycles. The summed E-state index contributed by atoms with van der Waals surface area (Å²) in [5.74, 6) is 0. The molecule has 0 unspecified atom stereocenters. The highest BCUT2D eigenvalue weighted by molar-refractivity contribution is 7.90. The molecule has 1 aromatic rings. The maximum Gasteiger partial charge on any atom is 0.264 e. The Hall–Kier alpha value is -1.59. The second-order valence-corrected chi connectivity index (χ2v) is 3.41. The fraction of sp³-hybridized carbons (Fsp3) is 0. The molecule has 12 heavy (non-hydrogen) atoms. The Balaban J connectivity index is 3.25. The summed E-state index contributed by atoms with van der Waals surface area (Å²) in [6.07, 6.45) is 2.61. The minimum atomic E-state index is -3.84. The quantitative estimate of drug-likeness (QED) is 0.390. The van der Waals surface area contributed by atoms with Crippen LogP contribution in [-0.2, 0) is 10.0 Å². The van der Waals surface area contributed by atoms with Gasteiger partial charge in [-0.05, 0) is 17.7 Å². The Morgan fingerprint density at radius 1 is 1.42 bits per heavy atom. The molecule has 0 radical (unpaired) electrons. The van der Waals surface area contributed by atoms with Gasteiger partial charge in [-0.1, -0.05) is 0 Å². The first-order valence-corrected chi connectivity index (χ1v) is 4.32. The second-order valence-electron chi connectivity index (χ2n) is 1.83. The lowest BCUT2D eigenvalue weighted by molar-refractivity contribution is 0.597. The zero-order valence-corrected chi connectivity index (χ0v) is 6.64. The smallest absolute Gasteiger partial charge is 0.264 e. The lowest BCUT2D eigenvalue weighted by atomic mass is 10.5. The predicted molar refractivity (Wildman–Crippen MR) is 40.6 cm³/mol. The van der Waals surface area contributed by atoms with E-state index in [4.69, 9.17) is 5.53 Å². The first kappa shape index (κ1) is 8.51. The molecule has 6 nitrogen and oxygen atoms in total. The molecule has 62 valence electrons. The van der Waals surface area contributed by atoms with E-state index in [0.29, 0.717) is 0 Å². The molecule has 0 aliphatic rings. The highest BCUT2D eigenvalue weighted by Gasteiger charge is 2.09. The van der Waals surface area contributed by atoms with Crippen molar-refractivity contribution in [2.45, 2.75) is 4.90 Å². The van der Waals surface area contributed by atoms with Crippen molar-refractivity contribution in [2.24, 2.45) is 4.52 Å². The third-order valence-corrected chi connectivity index (χ3v) is 2.25. The Bertz CT molecular complexity index is 406. The molecule has 0 aromatic carbocycles. The van der Waals surface area contributed by atoms with Gasteiger partial charge in [0, 0.05) is 21.8 Å². The van der Waals surface area contributed by atoms with Crippen LogP contribution in [0.2, 0.25) is 0 Å². The van der Waals surface area contributed by atoms with Crippen LogP contribution in [0.25, 0.3) is 10.4 Å². The molecule has 0 atom stereocenters. The van der Waals surface area contributed by atoms with Crippen molar-refractivity contribution < 1.29 is 8.42 Å². The van der Waals surface area contributed by atoms with Gasteiger partial charge in [0.25, 0.3) is 10.0 Å². The van der Waals surface area contributed by atoms with E-state index in [2.05, 4.69) is 14.4 Å². The van der Waals surface area contributed by atoms with Crippen LogP contribution < -0.4 is 0 Å². The van der Waals surface area contributed by atoms with Gasteiger partial charge in [-0.2, -0.15) is 0 Å². The van der Waals surface area contributed by atoms with Crippen molar-refractivity contribution in [3.8, 4) is 0 Å². The maximum atomic E-state index is 11.0. The first-order chi connectivity index (χ1) is 5.67. The normalized spacial score (nSPS) is 10.3. The van der Waals surface area contributed by atoms with Gasteiger partial charge in [-0.15, -0.1) is 0 Å². The molecule has 0 amide bonds. The third-order valence-electron chi connectivity index (χ3n) is 1.09. The molecule has 0 saturated heterocycles. The van der Waals surface area contributed by atoms with Crippen molar-refractivity contribution in [3.63, 3.8) is 0 Å². The van der Waals surface area contributed by atoms with Crippen LogP contribution in [0.5, 0.6) is 0 Å². The van der Waals surface area contributed by atoms with Crippen molar-refractivity contribution in [2.75, 3.05) is 0 Å². The standard InChI is InChI=1S/C5H4N4O2S/c6-8-9-12(10,11)5-1-3-7-4-2-5/h1-4H. The minimum Gasteiger partial charge on any atom is -0.265 e.